The highest BCUT2D eigenvalue weighted by atomic mass is 35.5. The van der Waals surface area contributed by atoms with Crippen molar-refractivity contribution >= 4 is 35.5 Å². The molecule has 1 aliphatic carbocycles. The lowest BCUT2D eigenvalue weighted by Gasteiger charge is -2.32. The van der Waals surface area contributed by atoms with E-state index >= 15 is 0 Å². The summed E-state index contributed by atoms with van der Waals surface area (Å²) in [7, 11) is 0. The van der Waals surface area contributed by atoms with E-state index in [1.54, 1.807) is 35.2 Å². The van der Waals surface area contributed by atoms with Gasteiger partial charge in [0.2, 0.25) is 5.82 Å². The maximum absolute atomic E-state index is 11.9. The number of anilines is 1. The lowest BCUT2D eigenvalue weighted by Crippen LogP contribution is -2.43. The molecule has 258 valence electrons. The highest BCUT2D eigenvalue weighted by Gasteiger charge is 2.32. The van der Waals surface area contributed by atoms with Crippen LogP contribution in [0, 0.1) is 0 Å². The molecule has 3 aromatic rings. The minimum absolute atomic E-state index is 0.0496. The van der Waals surface area contributed by atoms with E-state index in [9.17, 15) is 14.4 Å². The van der Waals surface area contributed by atoms with Crippen LogP contribution in [-0.2, 0) is 51.2 Å². The van der Waals surface area contributed by atoms with Gasteiger partial charge in [0, 0.05) is 37.4 Å². The summed E-state index contributed by atoms with van der Waals surface area (Å²) in [6, 6.07) is 7.83. The molecule has 16 heteroatoms. The number of aromatic nitrogens is 5. The number of ether oxygens (including phenoxy) is 5. The molecule has 3 heterocycles. The molecule has 2 aliphatic rings. The van der Waals surface area contributed by atoms with E-state index in [0.717, 1.165) is 31.2 Å². The highest BCUT2D eigenvalue weighted by molar-refractivity contribution is 6.30. The number of halogens is 1. The van der Waals surface area contributed by atoms with Crippen molar-refractivity contribution in [2.24, 2.45) is 0 Å². The van der Waals surface area contributed by atoms with E-state index in [2.05, 4.69) is 20.4 Å². The molecular weight excluding hydrogens is 648 g/mol. The van der Waals surface area contributed by atoms with Crippen LogP contribution in [0.5, 0.6) is 0 Å². The average Bonchev–Trinajstić information content (AvgIpc) is 3.72. The smallest absolute Gasteiger partial charge is 0.325 e. The fourth-order valence-corrected chi connectivity index (χ4v) is 5.72. The Morgan fingerprint density at radius 3 is 2.52 bits per heavy atom. The van der Waals surface area contributed by atoms with Gasteiger partial charge in [-0.3, -0.25) is 14.4 Å². The largest absolute Gasteiger partial charge is 0.463 e. The number of hydrogen-bond acceptors (Lipinski definition) is 14. The van der Waals surface area contributed by atoms with Crippen molar-refractivity contribution in [1.29, 1.82) is 0 Å². The van der Waals surface area contributed by atoms with Crippen LogP contribution in [0.1, 0.15) is 58.6 Å². The third-order valence-corrected chi connectivity index (χ3v) is 8.01. The molecule has 0 amide bonds. The van der Waals surface area contributed by atoms with Crippen LogP contribution in [-0.4, -0.2) is 86.9 Å². The quantitative estimate of drug-likeness (QED) is 0.135. The zero-order valence-electron chi connectivity index (χ0n) is 27.0. The minimum Gasteiger partial charge on any atom is -0.463 e. The lowest BCUT2D eigenvalue weighted by molar-refractivity contribution is -0.205. The van der Waals surface area contributed by atoms with Gasteiger partial charge in [-0.2, -0.15) is 4.98 Å². The van der Waals surface area contributed by atoms with Gasteiger partial charge in [0.1, 0.15) is 30.6 Å². The number of esters is 3. The van der Waals surface area contributed by atoms with Gasteiger partial charge in [0.25, 0.3) is 0 Å². The number of rotatable bonds is 14. The van der Waals surface area contributed by atoms with Crippen molar-refractivity contribution in [2.45, 2.75) is 96.6 Å². The van der Waals surface area contributed by atoms with Gasteiger partial charge < -0.3 is 33.1 Å². The van der Waals surface area contributed by atoms with Gasteiger partial charge in [-0.1, -0.05) is 41.2 Å². The molecular formula is C32H39ClN6O9. The van der Waals surface area contributed by atoms with Crippen molar-refractivity contribution < 1.29 is 42.6 Å². The van der Waals surface area contributed by atoms with E-state index in [1.165, 1.54) is 27.2 Å². The standard InChI is InChI=1S/C32H39ClN6O9/c1-20(40)43-19-29-28(46-22(3)42)13-14-30(47-29)44-18-27(45-21(2)41)17-38-15-25(35-37-38)16-39(26-7-5-4-6-8-26)32-34-31(36-48-32)23-9-11-24(33)12-10-23/h9-15,26-30H,4-8,16-19H2,1-3H3/t27-,28+,29-,30+/m1/s1. The molecule has 1 fully saturated rings. The Balaban J connectivity index is 1.24. The second-order valence-corrected chi connectivity index (χ2v) is 12.1. The SMILES string of the molecule is CC(=O)OC[C@H]1O[C@H](OC[C@@H](Cn2cc(CN(c3nc(-c4ccc(Cl)cc4)no3)C3CCCCC3)nn2)OC(C)=O)C=C[C@@H]1OC(C)=O. The number of nitrogens with zero attached hydrogens (tertiary/aromatic N) is 6. The first-order valence-corrected chi connectivity index (χ1v) is 16.2. The van der Waals surface area contributed by atoms with Gasteiger partial charge in [-0.05, 0) is 49.3 Å². The average molecular weight is 687 g/mol. The molecule has 5 rings (SSSR count). The predicted octanol–water partition coefficient (Wildman–Crippen LogP) is 4.05. The van der Waals surface area contributed by atoms with E-state index in [4.69, 9.17) is 44.8 Å². The first-order chi connectivity index (χ1) is 23.1. The van der Waals surface area contributed by atoms with Gasteiger partial charge in [0.15, 0.2) is 6.29 Å². The fourth-order valence-electron chi connectivity index (χ4n) is 5.59. The monoisotopic (exact) mass is 686 g/mol. The van der Waals surface area contributed by atoms with Crippen LogP contribution >= 0.6 is 11.6 Å². The summed E-state index contributed by atoms with van der Waals surface area (Å²) >= 11 is 6.05. The van der Waals surface area contributed by atoms with E-state index in [-0.39, 0.29) is 25.8 Å². The second-order valence-electron chi connectivity index (χ2n) is 11.6. The number of carbonyl (C=O) groups is 3. The van der Waals surface area contributed by atoms with Crippen LogP contribution in [0.15, 0.2) is 47.1 Å². The molecule has 1 aliphatic heterocycles. The third kappa shape index (κ3) is 10.1. The van der Waals surface area contributed by atoms with Gasteiger partial charge in [0.05, 0.1) is 25.9 Å². The Hall–Kier alpha value is -4.34. The zero-order chi connectivity index (χ0) is 34.0. The van der Waals surface area contributed by atoms with E-state index < -0.39 is 42.5 Å². The Morgan fingerprint density at radius 2 is 1.81 bits per heavy atom. The third-order valence-electron chi connectivity index (χ3n) is 7.75. The first-order valence-electron chi connectivity index (χ1n) is 15.8. The number of carbonyl (C=O) groups excluding carboxylic acids is 3. The van der Waals surface area contributed by atoms with Crippen molar-refractivity contribution in [1.82, 2.24) is 25.1 Å². The number of hydrogen-bond donors (Lipinski definition) is 0. The summed E-state index contributed by atoms with van der Waals surface area (Å²) in [6.07, 6.45) is 7.15. The number of benzene rings is 1. The summed E-state index contributed by atoms with van der Waals surface area (Å²) in [5.41, 5.74) is 1.46. The van der Waals surface area contributed by atoms with Crippen molar-refractivity contribution in [2.75, 3.05) is 18.1 Å². The summed E-state index contributed by atoms with van der Waals surface area (Å²) in [5.74, 6) is -1.05. The van der Waals surface area contributed by atoms with Crippen LogP contribution in [0.2, 0.25) is 5.02 Å². The van der Waals surface area contributed by atoms with Crippen LogP contribution in [0.4, 0.5) is 6.01 Å². The van der Waals surface area contributed by atoms with Crippen LogP contribution < -0.4 is 4.90 Å². The molecule has 1 aromatic carbocycles. The Morgan fingerprint density at radius 1 is 1.04 bits per heavy atom. The van der Waals surface area contributed by atoms with Crippen LogP contribution in [0.25, 0.3) is 11.4 Å². The second kappa shape index (κ2) is 16.7. The molecule has 48 heavy (non-hydrogen) atoms. The summed E-state index contributed by atoms with van der Waals surface area (Å²) in [6.45, 7) is 4.19. The molecule has 4 atom stereocenters. The van der Waals surface area contributed by atoms with Gasteiger partial charge in [-0.15, -0.1) is 5.10 Å². The van der Waals surface area contributed by atoms with Crippen molar-refractivity contribution in [3.8, 4) is 11.4 Å². The molecule has 0 spiro atoms. The maximum atomic E-state index is 11.9. The molecule has 0 radical (unpaired) electrons. The molecule has 0 N–H and O–H groups in total. The topological polar surface area (TPSA) is 170 Å². The zero-order valence-corrected chi connectivity index (χ0v) is 27.8. The Labute approximate surface area is 282 Å². The molecule has 15 nitrogen and oxygen atoms in total. The van der Waals surface area contributed by atoms with Crippen LogP contribution in [0.3, 0.4) is 0 Å². The molecule has 0 saturated heterocycles. The molecule has 0 unspecified atom stereocenters. The lowest BCUT2D eigenvalue weighted by atomic mass is 9.94. The van der Waals surface area contributed by atoms with Gasteiger partial charge >= 0.3 is 23.9 Å². The fraction of sp³-hybridized carbons (Fsp3) is 0.531. The highest BCUT2D eigenvalue weighted by Crippen LogP contribution is 2.30. The van der Waals surface area contributed by atoms with E-state index in [0.29, 0.717) is 29.1 Å². The van der Waals surface area contributed by atoms with Crippen molar-refractivity contribution in [3.63, 3.8) is 0 Å². The Bertz CT molecular complexity index is 1560. The van der Waals surface area contributed by atoms with Crippen molar-refractivity contribution in [3.05, 3.63) is 53.3 Å². The van der Waals surface area contributed by atoms with E-state index in [1.807, 2.05) is 12.1 Å². The molecule has 1 saturated carbocycles. The normalized spacial score (nSPS) is 20.2. The van der Waals surface area contributed by atoms with Gasteiger partial charge in [-0.25, -0.2) is 4.68 Å². The summed E-state index contributed by atoms with van der Waals surface area (Å²) in [4.78, 5) is 41.6. The summed E-state index contributed by atoms with van der Waals surface area (Å²) < 4.78 is 34.9. The first kappa shape index (κ1) is 35.0. The predicted molar refractivity (Wildman–Crippen MR) is 169 cm³/mol. The maximum Gasteiger partial charge on any atom is 0.325 e. The summed E-state index contributed by atoms with van der Waals surface area (Å²) in [5, 5.41) is 13.5. The molecule has 2 aromatic heterocycles. The minimum atomic E-state index is -0.877. The Kier molecular flexibility index (Phi) is 12.1. The molecule has 0 bridgehead atoms.